The van der Waals surface area contributed by atoms with Crippen LogP contribution in [0.15, 0.2) is 97.1 Å². The normalized spacial score (nSPS) is 15.0. The monoisotopic (exact) mass is 708 g/mol. The smallest absolute Gasteiger partial charge is 0.337 e. The third-order valence-corrected chi connectivity index (χ3v) is 9.98. The fraction of sp³-hybridized carbons (Fsp3) is 0.302. The molecule has 0 saturated heterocycles. The van der Waals surface area contributed by atoms with Gasteiger partial charge >= 0.3 is 11.9 Å². The Balaban J connectivity index is 0.000000164. The molecular weight excluding hydrogens is 665 g/mol. The second-order valence-corrected chi connectivity index (χ2v) is 13.7. The van der Waals surface area contributed by atoms with Crippen LogP contribution in [0, 0.1) is 0 Å². The van der Waals surface area contributed by atoms with Gasteiger partial charge in [-0.05, 0) is 62.1 Å². The zero-order chi connectivity index (χ0) is 36.6. The number of aromatic carboxylic acids is 1. The number of nitrogens with one attached hydrogen (secondary N) is 2. The summed E-state index contributed by atoms with van der Waals surface area (Å²) in [5.74, 6) is 0.191. The highest BCUT2D eigenvalue weighted by atomic mass is 16.5. The van der Waals surface area contributed by atoms with Gasteiger partial charge in [-0.15, -0.1) is 0 Å². The highest BCUT2D eigenvalue weighted by molar-refractivity contribution is 5.95. The van der Waals surface area contributed by atoms with Gasteiger partial charge in [-0.25, -0.2) is 29.5 Å². The fourth-order valence-electron chi connectivity index (χ4n) is 7.16. The largest absolute Gasteiger partial charge is 0.478 e. The first-order valence-corrected chi connectivity index (χ1v) is 18.5. The van der Waals surface area contributed by atoms with Gasteiger partial charge in [0, 0.05) is 23.2 Å². The van der Waals surface area contributed by atoms with Gasteiger partial charge in [0.1, 0.15) is 11.4 Å². The second-order valence-electron chi connectivity index (χ2n) is 13.7. The molecule has 2 saturated carbocycles. The molecule has 10 nitrogen and oxygen atoms in total. The quantitative estimate of drug-likeness (QED) is 0.131. The first-order chi connectivity index (χ1) is 25.9. The number of rotatable bonds is 8. The predicted octanol–water partition coefficient (Wildman–Crippen LogP) is 9.57. The number of carboxylic acids is 1. The second kappa shape index (κ2) is 16.6. The van der Waals surface area contributed by atoms with Crippen molar-refractivity contribution in [3.8, 4) is 22.5 Å². The number of carboxylic acid groups (broad SMARTS) is 1. The molecule has 53 heavy (non-hydrogen) atoms. The van der Waals surface area contributed by atoms with E-state index >= 15 is 0 Å². The molecule has 2 aliphatic carbocycles. The van der Waals surface area contributed by atoms with Crippen molar-refractivity contribution in [2.24, 2.45) is 0 Å². The van der Waals surface area contributed by atoms with Gasteiger partial charge < -0.3 is 20.5 Å². The fourth-order valence-corrected chi connectivity index (χ4v) is 7.16. The zero-order valence-corrected chi connectivity index (χ0v) is 29.9. The van der Waals surface area contributed by atoms with E-state index in [0.29, 0.717) is 34.2 Å². The maximum Gasteiger partial charge on any atom is 0.337 e. The number of ether oxygens (including phenoxy) is 1. The number of fused-ring (bicyclic) bond motifs is 2. The third kappa shape index (κ3) is 8.60. The molecule has 2 aromatic heterocycles. The average Bonchev–Trinajstić information content (AvgIpc) is 3.21. The number of carbonyl (C=O) groups is 2. The lowest BCUT2D eigenvalue weighted by atomic mass is 9.95. The lowest BCUT2D eigenvalue weighted by Crippen LogP contribution is -2.23. The summed E-state index contributed by atoms with van der Waals surface area (Å²) in [6.07, 6.45) is 12.1. The zero-order valence-electron chi connectivity index (χ0n) is 29.9. The number of nitrogens with zero attached hydrogens (tertiary/aromatic N) is 4. The van der Waals surface area contributed by atoms with Crippen molar-refractivity contribution in [2.75, 3.05) is 17.7 Å². The molecule has 0 amide bonds. The molecule has 10 heteroatoms. The molecule has 4 aromatic carbocycles. The summed E-state index contributed by atoms with van der Waals surface area (Å²) >= 11 is 0. The summed E-state index contributed by atoms with van der Waals surface area (Å²) in [5, 5.41) is 16.4. The Hall–Kier alpha value is -5.90. The van der Waals surface area contributed by atoms with Crippen LogP contribution in [-0.2, 0) is 4.74 Å². The number of carbonyl (C=O) groups excluding carboxylic acids is 1. The molecule has 3 N–H and O–H groups in total. The lowest BCUT2D eigenvalue weighted by Gasteiger charge is -2.24. The van der Waals surface area contributed by atoms with Crippen LogP contribution in [0.3, 0.4) is 0 Å². The van der Waals surface area contributed by atoms with E-state index in [-0.39, 0.29) is 11.5 Å². The van der Waals surface area contributed by atoms with Crippen molar-refractivity contribution in [1.82, 2.24) is 19.9 Å². The van der Waals surface area contributed by atoms with Crippen LogP contribution < -0.4 is 10.6 Å². The minimum Gasteiger partial charge on any atom is -0.478 e. The summed E-state index contributed by atoms with van der Waals surface area (Å²) < 4.78 is 4.83. The Morgan fingerprint density at radius 2 is 1.00 bits per heavy atom. The van der Waals surface area contributed by atoms with Gasteiger partial charge in [0.15, 0.2) is 11.6 Å². The summed E-state index contributed by atoms with van der Waals surface area (Å²) in [6.45, 7) is 0. The van der Waals surface area contributed by atoms with Crippen LogP contribution in [0.25, 0.3) is 44.6 Å². The molecule has 0 radical (unpaired) electrons. The minimum absolute atomic E-state index is 0.225. The van der Waals surface area contributed by atoms with Crippen molar-refractivity contribution in [1.29, 1.82) is 0 Å². The number of aromatic nitrogens is 4. The van der Waals surface area contributed by atoms with Crippen molar-refractivity contribution in [2.45, 2.75) is 76.3 Å². The minimum atomic E-state index is -0.956. The SMILES string of the molecule is COC(=O)c1ccc2nc(-c3ccccc3)c(NC3CCCCC3)nc2c1.O=C(O)c1ccc2nc(-c3ccccc3)c(NC3CCCCC3)nc2c1. The molecule has 0 spiro atoms. The van der Waals surface area contributed by atoms with Crippen LogP contribution >= 0.6 is 0 Å². The van der Waals surface area contributed by atoms with E-state index in [2.05, 4.69) is 10.6 Å². The average molecular weight is 709 g/mol. The van der Waals surface area contributed by atoms with E-state index in [1.807, 2.05) is 66.7 Å². The Morgan fingerprint density at radius 3 is 1.43 bits per heavy atom. The highest BCUT2D eigenvalue weighted by Gasteiger charge is 2.20. The maximum absolute atomic E-state index is 11.9. The van der Waals surface area contributed by atoms with Crippen molar-refractivity contribution >= 4 is 45.6 Å². The van der Waals surface area contributed by atoms with E-state index in [9.17, 15) is 14.7 Å². The number of esters is 1. The van der Waals surface area contributed by atoms with E-state index in [4.69, 9.17) is 24.7 Å². The molecule has 0 bridgehead atoms. The van der Waals surface area contributed by atoms with Crippen LogP contribution in [0.4, 0.5) is 11.6 Å². The van der Waals surface area contributed by atoms with E-state index < -0.39 is 5.97 Å². The Bertz CT molecular complexity index is 2200. The summed E-state index contributed by atoms with van der Waals surface area (Å²) in [6, 6.07) is 31.1. The Morgan fingerprint density at radius 1 is 0.566 bits per heavy atom. The molecule has 8 rings (SSSR count). The molecule has 6 aromatic rings. The van der Waals surface area contributed by atoms with Crippen molar-refractivity contribution in [3.05, 3.63) is 108 Å². The number of hydrogen-bond acceptors (Lipinski definition) is 9. The van der Waals surface area contributed by atoms with E-state index in [1.165, 1.54) is 45.6 Å². The molecule has 2 aliphatic rings. The number of methoxy groups -OCH3 is 1. The third-order valence-electron chi connectivity index (χ3n) is 9.98. The van der Waals surface area contributed by atoms with Gasteiger partial charge in [-0.1, -0.05) is 99.2 Å². The van der Waals surface area contributed by atoms with Crippen LogP contribution in [-0.4, -0.2) is 56.2 Å². The Labute approximate surface area is 309 Å². The van der Waals surface area contributed by atoms with Gasteiger partial charge in [0.2, 0.25) is 0 Å². The van der Waals surface area contributed by atoms with Crippen LogP contribution in [0.1, 0.15) is 84.9 Å². The molecular formula is C43H44N6O4. The van der Waals surface area contributed by atoms with Gasteiger partial charge in [0.25, 0.3) is 0 Å². The topological polar surface area (TPSA) is 139 Å². The molecule has 2 heterocycles. The predicted molar refractivity (Wildman–Crippen MR) is 209 cm³/mol. The van der Waals surface area contributed by atoms with E-state index in [1.54, 1.807) is 30.3 Å². The first kappa shape index (κ1) is 35.5. The van der Waals surface area contributed by atoms with Gasteiger partial charge in [-0.3, -0.25) is 0 Å². The summed E-state index contributed by atoms with van der Waals surface area (Å²) in [7, 11) is 1.38. The highest BCUT2D eigenvalue weighted by Crippen LogP contribution is 2.32. The molecule has 0 aliphatic heterocycles. The van der Waals surface area contributed by atoms with Crippen molar-refractivity contribution in [3.63, 3.8) is 0 Å². The number of hydrogen-bond donors (Lipinski definition) is 3. The van der Waals surface area contributed by atoms with Gasteiger partial charge in [0.05, 0.1) is 40.3 Å². The number of benzene rings is 4. The molecule has 0 atom stereocenters. The number of anilines is 2. The molecule has 0 unspecified atom stereocenters. The van der Waals surface area contributed by atoms with E-state index in [0.717, 1.165) is 65.4 Å². The maximum atomic E-state index is 11.9. The van der Waals surface area contributed by atoms with Crippen LogP contribution in [0.5, 0.6) is 0 Å². The summed E-state index contributed by atoms with van der Waals surface area (Å²) in [5.41, 5.74) is 7.15. The van der Waals surface area contributed by atoms with Crippen molar-refractivity contribution < 1.29 is 19.4 Å². The van der Waals surface area contributed by atoms with Crippen LogP contribution in [0.2, 0.25) is 0 Å². The lowest BCUT2D eigenvalue weighted by molar-refractivity contribution is 0.0600. The first-order valence-electron chi connectivity index (χ1n) is 18.5. The molecule has 270 valence electrons. The van der Waals surface area contributed by atoms with Gasteiger partial charge in [-0.2, -0.15) is 0 Å². The summed E-state index contributed by atoms with van der Waals surface area (Å²) in [4.78, 5) is 42.4. The molecule has 2 fully saturated rings. The standard InChI is InChI=1S/C22H23N3O2.C21H21N3O2/c1-27-22(26)16-12-13-18-19(14-16)25-21(23-17-10-6-3-7-11-17)20(24-18)15-8-4-2-5-9-15;25-21(26)15-11-12-17-18(13-15)24-20(22-16-9-5-2-6-10-16)19(23-17)14-7-3-1-4-8-14/h2,4-5,8-9,12-14,17H,3,6-7,10-11H2,1H3,(H,23,25);1,3-4,7-8,11-13,16H,2,5-6,9-10H2,(H,22,24)(H,25,26). The Kier molecular flexibility index (Phi) is 11.1.